The minimum Gasteiger partial charge on any atom is -0.508 e. The molecule has 1 aromatic heterocycles. The van der Waals surface area contributed by atoms with Crippen molar-refractivity contribution in [1.82, 2.24) is 4.98 Å². The van der Waals surface area contributed by atoms with Crippen molar-refractivity contribution in [3.05, 3.63) is 125 Å². The van der Waals surface area contributed by atoms with Crippen LogP contribution < -0.4 is 14.2 Å². The van der Waals surface area contributed by atoms with Gasteiger partial charge in [-0.25, -0.2) is 0 Å². The Kier molecular flexibility index (Phi) is 7.51. The molecule has 6 aromatic rings. The second-order valence-corrected chi connectivity index (χ2v) is 11.3. The zero-order valence-corrected chi connectivity index (χ0v) is 24.9. The van der Waals surface area contributed by atoms with E-state index in [0.717, 1.165) is 38.4 Å². The molecule has 0 fully saturated rings. The third-order valence-electron chi connectivity index (χ3n) is 8.62. The van der Waals surface area contributed by atoms with Crippen molar-refractivity contribution in [2.75, 3.05) is 13.7 Å². The molecule has 2 heterocycles. The zero-order chi connectivity index (χ0) is 30.9. The number of nitrogens with one attached hydrogen (secondary N) is 1. The fourth-order valence-corrected chi connectivity index (χ4v) is 6.37. The van der Waals surface area contributed by atoms with E-state index >= 15 is 0 Å². The van der Waals surface area contributed by atoms with E-state index in [1.54, 1.807) is 24.3 Å². The van der Waals surface area contributed by atoms with Crippen LogP contribution in [0.15, 0.2) is 97.2 Å². The Hall–Kier alpha value is -5.43. The van der Waals surface area contributed by atoms with Crippen LogP contribution in [0, 0.1) is 0 Å². The highest BCUT2D eigenvalue weighted by Crippen LogP contribution is 2.52. The summed E-state index contributed by atoms with van der Waals surface area (Å²) >= 11 is 0. The van der Waals surface area contributed by atoms with Crippen LogP contribution in [0.2, 0.25) is 0 Å². The molecule has 0 aliphatic carbocycles. The van der Waals surface area contributed by atoms with Gasteiger partial charge in [-0.2, -0.15) is 0 Å². The Morgan fingerprint density at radius 1 is 0.822 bits per heavy atom. The van der Waals surface area contributed by atoms with Crippen molar-refractivity contribution in [3.63, 3.8) is 0 Å². The Morgan fingerprint density at radius 3 is 2.44 bits per heavy atom. The summed E-state index contributed by atoms with van der Waals surface area (Å²) in [6.45, 7) is 0.334. The number of aromatic hydroxyl groups is 2. The molecular weight excluding hydrogens is 566 g/mol. The number of aromatic amines is 1. The first-order valence-corrected chi connectivity index (χ1v) is 15.1. The average Bonchev–Trinajstić information content (AvgIpc) is 3.55. The SMILES string of the molecule is COc1c(O)c2c(c(CCc3cccc4c3ccc3[nH]ccc34)c1OCCc1ccccc1)OC(c1ccc(O)cc1)CC2=O. The third kappa shape index (κ3) is 5.31. The van der Waals surface area contributed by atoms with Gasteiger partial charge in [0, 0.05) is 29.1 Å². The largest absolute Gasteiger partial charge is 0.508 e. The number of H-pyrrole nitrogens is 1. The lowest BCUT2D eigenvalue weighted by atomic mass is 9.90. The first kappa shape index (κ1) is 28.3. The van der Waals surface area contributed by atoms with Gasteiger partial charge < -0.3 is 29.4 Å². The molecule has 0 spiro atoms. The van der Waals surface area contributed by atoms with Gasteiger partial charge >= 0.3 is 0 Å². The number of hydrogen-bond acceptors (Lipinski definition) is 6. The number of Topliss-reactive ketones (excluding diaryl/α,β-unsaturated/α-hetero) is 1. The number of phenols is 2. The molecule has 7 heteroatoms. The number of ether oxygens (including phenoxy) is 3. The minimum atomic E-state index is -0.589. The maximum atomic E-state index is 13.6. The van der Waals surface area contributed by atoms with E-state index in [1.165, 1.54) is 7.11 Å². The van der Waals surface area contributed by atoms with Crippen LogP contribution >= 0.6 is 0 Å². The Morgan fingerprint density at radius 2 is 1.64 bits per heavy atom. The Bertz CT molecular complexity index is 2010. The predicted octanol–water partition coefficient (Wildman–Crippen LogP) is 7.85. The van der Waals surface area contributed by atoms with Crippen LogP contribution in [0.4, 0.5) is 0 Å². The molecule has 226 valence electrons. The van der Waals surface area contributed by atoms with Gasteiger partial charge in [-0.1, -0.05) is 66.7 Å². The number of aryl methyl sites for hydroxylation is 1. The lowest BCUT2D eigenvalue weighted by molar-refractivity contribution is 0.0840. The number of fused-ring (bicyclic) bond motifs is 4. The van der Waals surface area contributed by atoms with Crippen molar-refractivity contribution in [1.29, 1.82) is 0 Å². The van der Waals surface area contributed by atoms with Gasteiger partial charge in [-0.05, 0) is 64.6 Å². The van der Waals surface area contributed by atoms with Crippen molar-refractivity contribution in [3.8, 4) is 28.7 Å². The Balaban J connectivity index is 1.31. The molecule has 0 saturated heterocycles. The normalized spacial score (nSPS) is 14.3. The summed E-state index contributed by atoms with van der Waals surface area (Å²) in [6.07, 6.45) is 3.15. The van der Waals surface area contributed by atoms with E-state index in [4.69, 9.17) is 14.2 Å². The number of hydrogen-bond donors (Lipinski definition) is 3. The highest BCUT2D eigenvalue weighted by atomic mass is 16.5. The summed E-state index contributed by atoms with van der Waals surface area (Å²) in [5, 5.41) is 24.7. The van der Waals surface area contributed by atoms with Crippen LogP contribution in [-0.4, -0.2) is 34.7 Å². The summed E-state index contributed by atoms with van der Waals surface area (Å²) in [5.74, 6) is 0.416. The van der Waals surface area contributed by atoms with E-state index in [1.807, 2.05) is 36.5 Å². The third-order valence-corrected chi connectivity index (χ3v) is 8.62. The lowest BCUT2D eigenvalue weighted by Gasteiger charge is -2.30. The minimum absolute atomic E-state index is 0.0398. The van der Waals surface area contributed by atoms with Crippen molar-refractivity contribution < 1.29 is 29.2 Å². The quantitative estimate of drug-likeness (QED) is 0.156. The van der Waals surface area contributed by atoms with Gasteiger partial charge in [0.15, 0.2) is 17.3 Å². The second kappa shape index (κ2) is 11.9. The summed E-state index contributed by atoms with van der Waals surface area (Å²) < 4.78 is 18.7. The number of carbonyl (C=O) groups is 1. The van der Waals surface area contributed by atoms with E-state index in [0.29, 0.717) is 42.9 Å². The smallest absolute Gasteiger partial charge is 0.204 e. The zero-order valence-electron chi connectivity index (χ0n) is 24.9. The van der Waals surface area contributed by atoms with Gasteiger partial charge in [0.2, 0.25) is 5.75 Å². The molecule has 7 rings (SSSR count). The van der Waals surface area contributed by atoms with Crippen molar-refractivity contribution in [2.24, 2.45) is 0 Å². The second-order valence-electron chi connectivity index (χ2n) is 11.3. The van der Waals surface area contributed by atoms with Gasteiger partial charge in [0.05, 0.1) is 20.1 Å². The molecule has 45 heavy (non-hydrogen) atoms. The highest BCUT2D eigenvalue weighted by Gasteiger charge is 2.37. The number of methoxy groups -OCH3 is 1. The molecule has 0 bridgehead atoms. The molecule has 5 aromatic carbocycles. The average molecular weight is 600 g/mol. The van der Waals surface area contributed by atoms with E-state index in [-0.39, 0.29) is 35.0 Å². The first-order valence-electron chi connectivity index (χ1n) is 15.1. The predicted molar refractivity (Wildman–Crippen MR) is 174 cm³/mol. The maximum absolute atomic E-state index is 13.6. The summed E-state index contributed by atoms with van der Waals surface area (Å²) in [7, 11) is 1.47. The van der Waals surface area contributed by atoms with E-state index in [9.17, 15) is 15.0 Å². The molecule has 1 unspecified atom stereocenters. The fraction of sp³-hybridized carbons (Fsp3) is 0.184. The molecule has 0 amide bonds. The van der Waals surface area contributed by atoms with Gasteiger partial charge in [0.25, 0.3) is 0 Å². The number of ketones is 1. The molecular formula is C38H33NO6. The fourth-order valence-electron chi connectivity index (χ4n) is 6.37. The van der Waals surface area contributed by atoms with Crippen molar-refractivity contribution in [2.45, 2.75) is 31.8 Å². The monoisotopic (exact) mass is 599 g/mol. The number of carbonyl (C=O) groups excluding carboxylic acids is 1. The molecule has 1 aliphatic rings. The van der Waals surface area contributed by atoms with Gasteiger partial charge in [-0.15, -0.1) is 0 Å². The standard InChI is InChI=1S/C38H33NO6/c1-43-38-35(42)34-32(41)22-33(25-10-13-26(40)14-11-25)45-36(34)30(37(38)44-21-19-23-6-3-2-4-7-23)15-12-24-8-5-9-28-27(24)16-17-31-29(28)18-20-39-31/h2-11,13-14,16-18,20,33,39-40,42H,12,15,19,21-22H2,1H3. The number of benzene rings is 5. The van der Waals surface area contributed by atoms with Crippen LogP contribution in [0.1, 0.15) is 45.1 Å². The van der Waals surface area contributed by atoms with E-state index in [2.05, 4.69) is 41.4 Å². The number of phenolic OH excluding ortho intramolecular Hbond substituents is 2. The summed E-state index contributed by atoms with van der Waals surface area (Å²) in [5.41, 5.74) is 4.88. The number of rotatable bonds is 9. The maximum Gasteiger partial charge on any atom is 0.204 e. The van der Waals surface area contributed by atoms with Gasteiger partial charge in [-0.3, -0.25) is 4.79 Å². The molecule has 7 nitrogen and oxygen atoms in total. The van der Waals surface area contributed by atoms with Gasteiger partial charge in [0.1, 0.15) is 23.2 Å². The van der Waals surface area contributed by atoms with Crippen LogP contribution in [-0.2, 0) is 19.3 Å². The van der Waals surface area contributed by atoms with Crippen molar-refractivity contribution >= 4 is 27.5 Å². The molecule has 1 atom stereocenters. The van der Waals surface area contributed by atoms with Crippen LogP contribution in [0.5, 0.6) is 28.7 Å². The first-order chi connectivity index (χ1) is 22.0. The molecule has 1 aliphatic heterocycles. The molecule has 0 radical (unpaired) electrons. The van der Waals surface area contributed by atoms with Crippen LogP contribution in [0.3, 0.4) is 0 Å². The molecule has 0 saturated carbocycles. The summed E-state index contributed by atoms with van der Waals surface area (Å²) in [4.78, 5) is 16.9. The topological polar surface area (TPSA) is 101 Å². The Labute approximate surface area is 260 Å². The van der Waals surface area contributed by atoms with Crippen LogP contribution in [0.25, 0.3) is 21.7 Å². The number of aromatic nitrogens is 1. The lowest BCUT2D eigenvalue weighted by Crippen LogP contribution is -2.23. The molecule has 3 N–H and O–H groups in total. The summed E-state index contributed by atoms with van der Waals surface area (Å²) in [6, 6.07) is 29.3. The van der Waals surface area contributed by atoms with E-state index < -0.39 is 6.10 Å². The highest BCUT2D eigenvalue weighted by molar-refractivity contribution is 6.07.